The maximum absolute atomic E-state index is 12.9. The van der Waals surface area contributed by atoms with Gasteiger partial charge in [0, 0.05) is 29.7 Å². The third-order valence-electron chi connectivity index (χ3n) is 10.0. The van der Waals surface area contributed by atoms with Crippen LogP contribution in [0, 0.1) is 22.7 Å². The summed E-state index contributed by atoms with van der Waals surface area (Å²) in [7, 11) is 0. The molecule has 2 spiro atoms. The predicted molar refractivity (Wildman–Crippen MR) is 115 cm³/mol. The van der Waals surface area contributed by atoms with Crippen molar-refractivity contribution in [1.82, 2.24) is 0 Å². The van der Waals surface area contributed by atoms with Crippen LogP contribution in [0.3, 0.4) is 0 Å². The van der Waals surface area contributed by atoms with Crippen molar-refractivity contribution in [2.75, 3.05) is 0 Å². The largest absolute Gasteiger partial charge is 0.484 e. The molecule has 2 saturated heterocycles. The average Bonchev–Trinajstić information content (AvgIpc) is 3.04. The van der Waals surface area contributed by atoms with E-state index in [2.05, 4.69) is 19.9 Å². The molecule has 1 saturated carbocycles. The number of Topliss-reactive ketones (excluding diaryl/α,β-unsaturated/α-hetero) is 1. The van der Waals surface area contributed by atoms with E-state index in [0.717, 1.165) is 17.6 Å². The lowest BCUT2D eigenvalue weighted by Gasteiger charge is -2.62. The van der Waals surface area contributed by atoms with Gasteiger partial charge in [0.05, 0.1) is 17.6 Å². The first kappa shape index (κ1) is 20.8. The maximum Gasteiger partial charge on any atom is 0.167 e. The summed E-state index contributed by atoms with van der Waals surface area (Å²) in [4.78, 5) is 25.6. The molecule has 3 aliphatic carbocycles. The van der Waals surface area contributed by atoms with Gasteiger partial charge in [0.25, 0.3) is 0 Å². The molecule has 0 bridgehead atoms. The summed E-state index contributed by atoms with van der Waals surface area (Å²) in [6.07, 6.45) is 3.90. The predicted octanol–water partition coefficient (Wildman–Crippen LogP) is 3.39. The summed E-state index contributed by atoms with van der Waals surface area (Å²) < 4.78 is 19.7. The Hall–Kier alpha value is -1.76. The highest BCUT2D eigenvalue weighted by atomic mass is 16.6. The number of allylic oxidation sites excluding steroid dienone is 4. The molecule has 32 heavy (non-hydrogen) atoms. The van der Waals surface area contributed by atoms with Crippen molar-refractivity contribution < 1.29 is 28.9 Å². The molecule has 6 heteroatoms. The molecule has 0 aromatic heterocycles. The van der Waals surface area contributed by atoms with E-state index in [1.807, 2.05) is 13.8 Å². The van der Waals surface area contributed by atoms with Gasteiger partial charge in [-0.3, -0.25) is 9.59 Å². The van der Waals surface area contributed by atoms with Gasteiger partial charge >= 0.3 is 0 Å². The van der Waals surface area contributed by atoms with Gasteiger partial charge in [-0.2, -0.15) is 0 Å². The number of ketones is 2. The molecule has 0 radical (unpaired) electrons. The van der Waals surface area contributed by atoms with Crippen molar-refractivity contribution >= 4 is 11.6 Å². The Balaban J connectivity index is 1.61. The first-order valence-corrected chi connectivity index (χ1v) is 11.9. The molecule has 1 N–H and O–H groups in total. The molecular formula is C26H32O6. The number of carbonyl (C=O) groups excluding carboxylic acids is 2. The zero-order chi connectivity index (χ0) is 22.8. The van der Waals surface area contributed by atoms with Gasteiger partial charge in [-0.15, -0.1) is 0 Å². The fourth-order valence-electron chi connectivity index (χ4n) is 8.64. The zero-order valence-electron chi connectivity index (χ0n) is 19.4. The molecule has 0 aromatic carbocycles. The van der Waals surface area contributed by atoms with E-state index in [1.54, 1.807) is 13.0 Å². The topological polar surface area (TPSA) is 82.1 Å². The smallest absolute Gasteiger partial charge is 0.167 e. The summed E-state index contributed by atoms with van der Waals surface area (Å²) in [5.74, 6) is 0.829. The molecule has 6 aliphatic rings. The van der Waals surface area contributed by atoms with Gasteiger partial charge in [0.1, 0.15) is 11.9 Å². The van der Waals surface area contributed by atoms with E-state index in [9.17, 15) is 14.7 Å². The van der Waals surface area contributed by atoms with Gasteiger partial charge in [0.15, 0.2) is 23.5 Å². The van der Waals surface area contributed by atoms with Crippen LogP contribution in [-0.2, 0) is 23.8 Å². The van der Waals surface area contributed by atoms with Gasteiger partial charge in [-0.1, -0.05) is 18.6 Å². The molecule has 0 amide bonds. The number of rotatable bonds is 0. The number of aliphatic hydroxyl groups is 1. The quantitative estimate of drug-likeness (QED) is 0.582. The number of aliphatic hydroxyl groups excluding tert-OH is 1. The second-order valence-electron chi connectivity index (χ2n) is 11.1. The van der Waals surface area contributed by atoms with E-state index in [1.165, 1.54) is 0 Å². The van der Waals surface area contributed by atoms with Crippen LogP contribution in [-0.4, -0.2) is 46.9 Å². The minimum absolute atomic E-state index is 0.00263. The first-order valence-electron chi connectivity index (χ1n) is 11.9. The minimum atomic E-state index is -1.06. The summed E-state index contributed by atoms with van der Waals surface area (Å²) in [6, 6.07) is 0. The number of ether oxygens (including phenoxy) is 3. The van der Waals surface area contributed by atoms with E-state index < -0.39 is 23.4 Å². The lowest BCUT2D eigenvalue weighted by atomic mass is 9.42. The van der Waals surface area contributed by atoms with Gasteiger partial charge in [0.2, 0.25) is 0 Å². The normalized spacial score (nSPS) is 51.7. The summed E-state index contributed by atoms with van der Waals surface area (Å²) in [5, 5.41) is 11.6. The van der Waals surface area contributed by atoms with Crippen LogP contribution in [0.4, 0.5) is 0 Å². The van der Waals surface area contributed by atoms with E-state index in [4.69, 9.17) is 14.2 Å². The standard InChI is InChI=1S/C26H32O6/c1-12-8-16(27)10-20-24(5)17(12)6-7-25-22(24)19(30-20)9-13(2)26(25)21(31-23(25)29)11-18(28)14(3)15(4)32-26/h8-9,17,19-23,29H,6-7,10-11H2,1-5H3/t17?,19?,20-,21+,22?,23+,24+,25+,26+/m0/s1. The van der Waals surface area contributed by atoms with Crippen molar-refractivity contribution in [1.29, 1.82) is 0 Å². The Morgan fingerprint density at radius 1 is 1.06 bits per heavy atom. The zero-order valence-corrected chi connectivity index (χ0v) is 19.4. The SMILES string of the molecule is CC1=CC(=O)C[C@@H]2OC3C=C(C)[C@@]45OC(C)=C(C)C(=O)C[C@H]4O[C@@H](O)[C@]54CCC1[C@@]2(C)C34. The van der Waals surface area contributed by atoms with Crippen LogP contribution in [0.2, 0.25) is 0 Å². The Bertz CT molecular complexity index is 1040. The fourth-order valence-corrected chi connectivity index (χ4v) is 8.64. The Kier molecular flexibility index (Phi) is 4.05. The lowest BCUT2D eigenvalue weighted by molar-refractivity contribution is -0.212. The highest BCUT2D eigenvalue weighted by Gasteiger charge is 2.81. The number of carbonyl (C=O) groups is 2. The molecule has 3 heterocycles. The van der Waals surface area contributed by atoms with Crippen LogP contribution < -0.4 is 0 Å². The van der Waals surface area contributed by atoms with Crippen molar-refractivity contribution in [3.05, 3.63) is 34.6 Å². The van der Waals surface area contributed by atoms with Gasteiger partial charge in [-0.05, 0) is 58.1 Å². The van der Waals surface area contributed by atoms with Gasteiger partial charge in [-0.25, -0.2) is 0 Å². The van der Waals surface area contributed by atoms with Crippen molar-refractivity contribution in [3.8, 4) is 0 Å². The number of hydrogen-bond acceptors (Lipinski definition) is 6. The Morgan fingerprint density at radius 2 is 1.81 bits per heavy atom. The first-order chi connectivity index (χ1) is 15.1. The average molecular weight is 441 g/mol. The van der Waals surface area contributed by atoms with Crippen LogP contribution in [0.1, 0.15) is 60.3 Å². The van der Waals surface area contributed by atoms with Crippen molar-refractivity contribution in [2.24, 2.45) is 22.7 Å². The van der Waals surface area contributed by atoms with Crippen LogP contribution in [0.25, 0.3) is 0 Å². The summed E-state index contributed by atoms with van der Waals surface area (Å²) in [5.41, 5.74) is 0.668. The molecule has 3 aliphatic heterocycles. The van der Waals surface area contributed by atoms with E-state index in [0.29, 0.717) is 24.2 Å². The Labute approximate surface area is 188 Å². The third-order valence-corrected chi connectivity index (χ3v) is 10.0. The van der Waals surface area contributed by atoms with E-state index in [-0.39, 0.29) is 47.4 Å². The number of hydrogen-bond donors (Lipinski definition) is 1. The second-order valence-corrected chi connectivity index (χ2v) is 11.1. The molecule has 0 aromatic rings. The summed E-state index contributed by atoms with van der Waals surface area (Å²) in [6.45, 7) is 9.97. The summed E-state index contributed by atoms with van der Waals surface area (Å²) >= 11 is 0. The molecule has 172 valence electrons. The van der Waals surface area contributed by atoms with Crippen LogP contribution in [0.15, 0.2) is 34.6 Å². The van der Waals surface area contributed by atoms with Crippen molar-refractivity contribution in [2.45, 2.75) is 90.5 Å². The highest BCUT2D eigenvalue weighted by molar-refractivity contribution is 5.96. The monoisotopic (exact) mass is 440 g/mol. The molecule has 9 atom stereocenters. The molecule has 3 fully saturated rings. The van der Waals surface area contributed by atoms with Gasteiger partial charge < -0.3 is 19.3 Å². The van der Waals surface area contributed by atoms with Crippen molar-refractivity contribution in [3.63, 3.8) is 0 Å². The highest BCUT2D eigenvalue weighted by Crippen LogP contribution is 2.74. The lowest BCUT2D eigenvalue weighted by Crippen LogP contribution is -2.68. The minimum Gasteiger partial charge on any atom is -0.484 e. The third kappa shape index (κ3) is 2.09. The molecule has 6 rings (SSSR count). The maximum atomic E-state index is 12.9. The van der Waals surface area contributed by atoms with E-state index >= 15 is 0 Å². The van der Waals surface area contributed by atoms with Crippen LogP contribution in [0.5, 0.6) is 0 Å². The molecule has 6 nitrogen and oxygen atoms in total. The fraction of sp³-hybridized carbons (Fsp3) is 0.692. The van der Waals surface area contributed by atoms with Crippen LogP contribution >= 0.6 is 0 Å². The second kappa shape index (κ2) is 6.22. The molecular weight excluding hydrogens is 408 g/mol. The Morgan fingerprint density at radius 3 is 2.56 bits per heavy atom. The molecule has 3 unspecified atom stereocenters.